The standard InChI is InChI=1S/C25H25N5O4/c1-15-10-16(20-4-2-3-5-21(20)27-15)13-34-19-8-6-18(7-9-19)28-22(31)11-17-12-26-14-25(17)23(32)29-24(33)30-25/h2-10,17,26H,11-14H2,1H3,(H,28,31)(H2,29,30,32,33)/t17-,25+/m1/s1. The molecule has 2 aromatic carbocycles. The Morgan fingerprint density at radius 2 is 1.97 bits per heavy atom. The summed E-state index contributed by atoms with van der Waals surface area (Å²) in [5.74, 6) is -0.269. The first-order valence-electron chi connectivity index (χ1n) is 11.2. The highest BCUT2D eigenvalue weighted by Crippen LogP contribution is 2.29. The number of rotatable bonds is 6. The predicted octanol–water partition coefficient (Wildman–Crippen LogP) is 2.25. The molecule has 0 radical (unpaired) electrons. The molecule has 2 atom stereocenters. The van der Waals surface area contributed by atoms with Crippen molar-refractivity contribution in [2.24, 2.45) is 5.92 Å². The largest absolute Gasteiger partial charge is 0.489 e. The number of urea groups is 1. The summed E-state index contributed by atoms with van der Waals surface area (Å²) in [5, 5.41) is 12.0. The molecule has 2 saturated heterocycles. The number of imide groups is 1. The number of carbonyl (C=O) groups excluding carboxylic acids is 3. The number of ether oxygens (including phenoxy) is 1. The maximum atomic E-state index is 12.6. The van der Waals surface area contributed by atoms with Gasteiger partial charge in [0.1, 0.15) is 17.9 Å². The zero-order valence-electron chi connectivity index (χ0n) is 18.7. The van der Waals surface area contributed by atoms with Crippen LogP contribution < -0.4 is 26.0 Å². The van der Waals surface area contributed by atoms with Crippen molar-refractivity contribution in [2.75, 3.05) is 18.4 Å². The Kier molecular flexibility index (Phi) is 5.62. The first-order valence-corrected chi connectivity index (χ1v) is 11.2. The molecule has 0 unspecified atom stereocenters. The summed E-state index contributed by atoms with van der Waals surface area (Å²) in [4.78, 5) is 41.1. The molecular weight excluding hydrogens is 434 g/mol. The monoisotopic (exact) mass is 459 g/mol. The third-order valence-corrected chi connectivity index (χ3v) is 6.35. The quantitative estimate of drug-likeness (QED) is 0.420. The molecule has 3 aromatic rings. The molecule has 0 saturated carbocycles. The molecule has 2 aliphatic heterocycles. The van der Waals surface area contributed by atoms with Gasteiger partial charge in [0.15, 0.2) is 0 Å². The number of carbonyl (C=O) groups is 3. The Morgan fingerprint density at radius 1 is 1.18 bits per heavy atom. The van der Waals surface area contributed by atoms with Gasteiger partial charge in [-0.3, -0.25) is 19.9 Å². The number of hydrogen-bond donors (Lipinski definition) is 4. The van der Waals surface area contributed by atoms with E-state index in [1.54, 1.807) is 24.3 Å². The maximum Gasteiger partial charge on any atom is 0.322 e. The van der Waals surface area contributed by atoms with E-state index in [9.17, 15) is 14.4 Å². The third kappa shape index (κ3) is 4.17. The van der Waals surface area contributed by atoms with Crippen LogP contribution in [0.5, 0.6) is 5.75 Å². The summed E-state index contributed by atoms with van der Waals surface area (Å²) in [5.41, 5.74) is 2.49. The lowest BCUT2D eigenvalue weighted by atomic mass is 9.84. The molecule has 4 amide bonds. The maximum absolute atomic E-state index is 12.6. The summed E-state index contributed by atoms with van der Waals surface area (Å²) in [6, 6.07) is 16.6. The lowest BCUT2D eigenvalue weighted by Gasteiger charge is -2.26. The van der Waals surface area contributed by atoms with Gasteiger partial charge in [-0.2, -0.15) is 0 Å². The predicted molar refractivity (Wildman–Crippen MR) is 126 cm³/mol. The number of fused-ring (bicyclic) bond motifs is 1. The molecular formula is C25H25N5O4. The molecule has 5 rings (SSSR count). The van der Waals surface area contributed by atoms with Gasteiger partial charge < -0.3 is 20.7 Å². The van der Waals surface area contributed by atoms with E-state index in [0.29, 0.717) is 31.1 Å². The summed E-state index contributed by atoms with van der Waals surface area (Å²) in [7, 11) is 0. The number of aromatic nitrogens is 1. The van der Waals surface area contributed by atoms with Crippen LogP contribution in [0.4, 0.5) is 10.5 Å². The molecule has 2 fully saturated rings. The van der Waals surface area contributed by atoms with Gasteiger partial charge in [-0.25, -0.2) is 4.79 Å². The van der Waals surface area contributed by atoms with Crippen molar-refractivity contribution < 1.29 is 19.1 Å². The zero-order chi connectivity index (χ0) is 23.7. The van der Waals surface area contributed by atoms with E-state index in [2.05, 4.69) is 26.3 Å². The zero-order valence-corrected chi connectivity index (χ0v) is 18.7. The van der Waals surface area contributed by atoms with Crippen LogP contribution in [-0.2, 0) is 16.2 Å². The SMILES string of the molecule is Cc1cc(COc2ccc(NC(=O)C[C@@H]3CNC[C@]34NC(=O)NC4=O)cc2)c2ccccc2n1. The second-order valence-corrected chi connectivity index (χ2v) is 8.71. The van der Waals surface area contributed by atoms with Crippen molar-refractivity contribution in [1.82, 2.24) is 20.9 Å². The minimum atomic E-state index is -1.07. The van der Waals surface area contributed by atoms with Gasteiger partial charge in [-0.15, -0.1) is 0 Å². The van der Waals surface area contributed by atoms with Crippen molar-refractivity contribution in [3.8, 4) is 5.75 Å². The number of amides is 4. The molecule has 2 aliphatic rings. The molecule has 1 aromatic heterocycles. The van der Waals surface area contributed by atoms with Crippen LogP contribution >= 0.6 is 0 Å². The molecule has 4 N–H and O–H groups in total. The molecule has 9 nitrogen and oxygen atoms in total. The van der Waals surface area contributed by atoms with Gasteiger partial charge in [-0.05, 0) is 43.3 Å². The minimum Gasteiger partial charge on any atom is -0.489 e. The number of nitrogens with zero attached hydrogens (tertiary/aromatic N) is 1. The minimum absolute atomic E-state index is 0.105. The van der Waals surface area contributed by atoms with Crippen LogP contribution in [0.2, 0.25) is 0 Å². The molecule has 9 heteroatoms. The highest BCUT2D eigenvalue weighted by atomic mass is 16.5. The highest BCUT2D eigenvalue weighted by Gasteiger charge is 2.54. The second kappa shape index (κ2) is 8.75. The summed E-state index contributed by atoms with van der Waals surface area (Å²) < 4.78 is 5.97. The first-order chi connectivity index (χ1) is 16.4. The van der Waals surface area contributed by atoms with E-state index in [1.807, 2.05) is 37.3 Å². The third-order valence-electron chi connectivity index (χ3n) is 6.35. The number of aryl methyl sites for hydroxylation is 1. The Bertz CT molecular complexity index is 1280. The lowest BCUT2D eigenvalue weighted by Crippen LogP contribution is -2.54. The van der Waals surface area contributed by atoms with Crippen molar-refractivity contribution in [3.05, 3.63) is 65.9 Å². The van der Waals surface area contributed by atoms with Crippen LogP contribution in [0.15, 0.2) is 54.6 Å². The lowest BCUT2D eigenvalue weighted by molar-refractivity contribution is -0.125. The van der Waals surface area contributed by atoms with Crippen molar-refractivity contribution in [3.63, 3.8) is 0 Å². The van der Waals surface area contributed by atoms with Crippen LogP contribution in [-0.4, -0.2) is 41.5 Å². The van der Waals surface area contributed by atoms with Gasteiger partial charge >= 0.3 is 6.03 Å². The summed E-state index contributed by atoms with van der Waals surface area (Å²) in [6.45, 7) is 3.14. The summed E-state index contributed by atoms with van der Waals surface area (Å²) in [6.07, 6.45) is 0.105. The van der Waals surface area contributed by atoms with E-state index < -0.39 is 11.6 Å². The van der Waals surface area contributed by atoms with Gasteiger partial charge in [0.05, 0.1) is 5.52 Å². The van der Waals surface area contributed by atoms with E-state index in [-0.39, 0.29) is 24.2 Å². The normalized spacial score (nSPS) is 21.5. The number of benzene rings is 2. The van der Waals surface area contributed by atoms with Gasteiger partial charge in [0.2, 0.25) is 5.91 Å². The molecule has 34 heavy (non-hydrogen) atoms. The Morgan fingerprint density at radius 3 is 2.74 bits per heavy atom. The van der Waals surface area contributed by atoms with Crippen LogP contribution in [0, 0.1) is 12.8 Å². The van der Waals surface area contributed by atoms with Crippen LogP contribution in [0.1, 0.15) is 17.7 Å². The van der Waals surface area contributed by atoms with Gasteiger partial charge in [0, 0.05) is 47.8 Å². The number of hydrogen-bond acceptors (Lipinski definition) is 6. The van der Waals surface area contributed by atoms with E-state index >= 15 is 0 Å². The Labute approximate surface area is 196 Å². The first kappa shape index (κ1) is 21.8. The molecule has 3 heterocycles. The number of para-hydroxylation sites is 1. The smallest absolute Gasteiger partial charge is 0.322 e. The van der Waals surface area contributed by atoms with Crippen molar-refractivity contribution in [2.45, 2.75) is 25.5 Å². The average Bonchev–Trinajstić information content (AvgIpc) is 3.34. The topological polar surface area (TPSA) is 121 Å². The fourth-order valence-corrected chi connectivity index (χ4v) is 4.67. The molecule has 174 valence electrons. The average molecular weight is 460 g/mol. The molecule has 1 spiro atoms. The van der Waals surface area contributed by atoms with Crippen LogP contribution in [0.3, 0.4) is 0 Å². The Hall–Kier alpha value is -3.98. The number of pyridine rings is 1. The summed E-state index contributed by atoms with van der Waals surface area (Å²) >= 11 is 0. The van der Waals surface area contributed by atoms with Gasteiger partial charge in [0.25, 0.3) is 5.91 Å². The fraction of sp³-hybridized carbons (Fsp3) is 0.280. The number of anilines is 1. The van der Waals surface area contributed by atoms with Crippen LogP contribution in [0.25, 0.3) is 10.9 Å². The highest BCUT2D eigenvalue weighted by molar-refractivity contribution is 6.08. The van der Waals surface area contributed by atoms with Gasteiger partial charge in [-0.1, -0.05) is 18.2 Å². The molecule has 0 aliphatic carbocycles. The van der Waals surface area contributed by atoms with E-state index in [1.165, 1.54) is 0 Å². The fourth-order valence-electron chi connectivity index (χ4n) is 4.67. The van der Waals surface area contributed by atoms with E-state index in [4.69, 9.17) is 4.74 Å². The van der Waals surface area contributed by atoms with E-state index in [0.717, 1.165) is 22.2 Å². The molecule has 0 bridgehead atoms. The van der Waals surface area contributed by atoms with Crippen molar-refractivity contribution >= 4 is 34.4 Å². The Balaban J connectivity index is 1.19. The second-order valence-electron chi connectivity index (χ2n) is 8.71. The van der Waals surface area contributed by atoms with Crippen molar-refractivity contribution in [1.29, 1.82) is 0 Å². The number of nitrogens with one attached hydrogen (secondary N) is 4.